The van der Waals surface area contributed by atoms with Crippen molar-refractivity contribution in [1.82, 2.24) is 9.55 Å². The minimum absolute atomic E-state index is 0.0872. The van der Waals surface area contributed by atoms with Gasteiger partial charge in [0, 0.05) is 6.20 Å². The Bertz CT molecular complexity index is 1530. The number of nitriles is 1. The Morgan fingerprint density at radius 3 is 2.02 bits per heavy atom. The Balaban J connectivity index is 1.61. The van der Waals surface area contributed by atoms with Crippen molar-refractivity contribution in [3.8, 4) is 6.07 Å². The molecule has 0 fully saturated rings. The first-order chi connectivity index (χ1) is 19.7. The maximum absolute atomic E-state index is 9.78. The number of imidazole rings is 1. The number of fused-ring (bicyclic) bond motifs is 1. The molecule has 5 heteroatoms. The molecule has 0 bridgehead atoms. The molecule has 0 saturated carbocycles. The van der Waals surface area contributed by atoms with Crippen molar-refractivity contribution < 1.29 is 9.84 Å². The van der Waals surface area contributed by atoms with E-state index in [1.807, 2.05) is 42.7 Å². The van der Waals surface area contributed by atoms with Crippen LogP contribution in [0.5, 0.6) is 0 Å². The molecule has 0 spiro atoms. The molecular formula is C35H31N3O2. The van der Waals surface area contributed by atoms with Gasteiger partial charge < -0.3 is 14.4 Å². The van der Waals surface area contributed by atoms with Crippen molar-refractivity contribution in [1.29, 1.82) is 5.26 Å². The second kappa shape index (κ2) is 10.9. The number of ether oxygens (including phenoxy) is 1. The maximum atomic E-state index is 9.78. The van der Waals surface area contributed by atoms with Gasteiger partial charge in [-0.25, -0.2) is 4.98 Å². The highest BCUT2D eigenvalue weighted by atomic mass is 16.5. The lowest BCUT2D eigenvalue weighted by molar-refractivity contribution is -0.0473. The molecule has 5 aromatic rings. The number of aliphatic hydroxyl groups is 1. The van der Waals surface area contributed by atoms with E-state index in [-0.39, 0.29) is 13.2 Å². The number of hydrogen-bond donors (Lipinski definition) is 1. The lowest BCUT2D eigenvalue weighted by atomic mass is 9.75. The van der Waals surface area contributed by atoms with Crippen molar-refractivity contribution in [3.05, 3.63) is 161 Å². The Hall–Kier alpha value is -4.50. The fraction of sp³-hybridized carbons (Fsp3) is 0.200. The van der Waals surface area contributed by atoms with Crippen molar-refractivity contribution in [2.75, 3.05) is 13.2 Å². The zero-order valence-corrected chi connectivity index (χ0v) is 22.3. The summed E-state index contributed by atoms with van der Waals surface area (Å²) in [6, 6.07) is 39.6. The molecule has 5 nitrogen and oxygen atoms in total. The van der Waals surface area contributed by atoms with E-state index < -0.39 is 11.1 Å². The standard InChI is InChI=1S/C35H31N3O2/c36-24-27-18-19-32-28(23-27)11-10-20-34(32,40-22-21-39)33-25-38(26-37-33)35(29-12-4-1-5-13-29,30-14-6-2-7-15-30)31-16-8-3-9-17-31/h1-9,12-19,23,25-26,39H,10-11,20-22H2. The van der Waals surface area contributed by atoms with Gasteiger partial charge in [0.1, 0.15) is 11.1 Å². The van der Waals surface area contributed by atoms with Gasteiger partial charge in [-0.3, -0.25) is 0 Å². The number of hydrogen-bond acceptors (Lipinski definition) is 4. The SMILES string of the molecule is N#Cc1ccc2c(c1)CCCC2(OCCO)c1cn(C(c2ccccc2)(c2ccccc2)c2ccccc2)cn1. The van der Waals surface area contributed by atoms with E-state index in [1.165, 1.54) is 0 Å². The van der Waals surface area contributed by atoms with Crippen molar-refractivity contribution >= 4 is 0 Å². The van der Waals surface area contributed by atoms with Crippen LogP contribution < -0.4 is 0 Å². The number of aryl methyl sites for hydroxylation is 1. The second-order valence-electron chi connectivity index (χ2n) is 10.2. The molecule has 1 aliphatic rings. The molecular weight excluding hydrogens is 494 g/mol. The summed E-state index contributed by atoms with van der Waals surface area (Å²) >= 11 is 0. The summed E-state index contributed by atoms with van der Waals surface area (Å²) in [5.41, 5.74) is 5.37. The molecule has 1 aliphatic carbocycles. The van der Waals surface area contributed by atoms with Gasteiger partial charge in [-0.05, 0) is 59.2 Å². The summed E-state index contributed by atoms with van der Waals surface area (Å²) in [6.07, 6.45) is 6.51. The van der Waals surface area contributed by atoms with E-state index in [1.54, 1.807) is 0 Å². The van der Waals surface area contributed by atoms with E-state index in [2.05, 4.69) is 89.6 Å². The third-order valence-electron chi connectivity index (χ3n) is 8.04. The van der Waals surface area contributed by atoms with Gasteiger partial charge in [0.2, 0.25) is 0 Å². The van der Waals surface area contributed by atoms with Gasteiger partial charge in [-0.2, -0.15) is 5.26 Å². The highest BCUT2D eigenvalue weighted by molar-refractivity contribution is 5.52. The predicted octanol–water partition coefficient (Wildman–Crippen LogP) is 6.18. The summed E-state index contributed by atoms with van der Waals surface area (Å²) in [7, 11) is 0. The average Bonchev–Trinajstić information content (AvgIpc) is 3.53. The fourth-order valence-electron chi connectivity index (χ4n) is 6.34. The van der Waals surface area contributed by atoms with Gasteiger partial charge in [-0.1, -0.05) is 97.1 Å². The number of benzene rings is 4. The molecule has 4 aromatic carbocycles. The smallest absolute Gasteiger partial charge is 0.137 e. The molecule has 0 radical (unpaired) electrons. The van der Waals surface area contributed by atoms with Crippen molar-refractivity contribution in [2.45, 2.75) is 30.4 Å². The monoisotopic (exact) mass is 525 g/mol. The van der Waals surface area contributed by atoms with Crippen LogP contribution in [0.15, 0.2) is 122 Å². The molecule has 1 N–H and O–H groups in total. The van der Waals surface area contributed by atoms with Crippen LogP contribution in [-0.2, 0) is 22.3 Å². The van der Waals surface area contributed by atoms with Crippen molar-refractivity contribution in [2.24, 2.45) is 0 Å². The van der Waals surface area contributed by atoms with Gasteiger partial charge in [-0.15, -0.1) is 0 Å². The molecule has 1 unspecified atom stereocenters. The van der Waals surface area contributed by atoms with Crippen LogP contribution in [0.4, 0.5) is 0 Å². The third-order valence-corrected chi connectivity index (χ3v) is 8.04. The highest BCUT2D eigenvalue weighted by Gasteiger charge is 2.44. The van der Waals surface area contributed by atoms with Gasteiger partial charge in [0.25, 0.3) is 0 Å². The molecule has 1 aromatic heterocycles. The Labute approximate surface area is 235 Å². The van der Waals surface area contributed by atoms with Gasteiger partial charge >= 0.3 is 0 Å². The summed E-state index contributed by atoms with van der Waals surface area (Å²) in [5.74, 6) is 0. The summed E-state index contributed by atoms with van der Waals surface area (Å²) < 4.78 is 8.74. The summed E-state index contributed by atoms with van der Waals surface area (Å²) in [5, 5.41) is 19.3. The second-order valence-corrected chi connectivity index (χ2v) is 10.2. The lowest BCUT2D eigenvalue weighted by Crippen LogP contribution is -2.38. The van der Waals surface area contributed by atoms with E-state index in [0.29, 0.717) is 5.56 Å². The number of aromatic nitrogens is 2. The Kier molecular flexibility index (Phi) is 7.04. The quantitative estimate of drug-likeness (QED) is 0.246. The van der Waals surface area contributed by atoms with Crippen LogP contribution in [0.25, 0.3) is 0 Å². The molecule has 198 valence electrons. The molecule has 0 amide bonds. The predicted molar refractivity (Wildman–Crippen MR) is 155 cm³/mol. The summed E-state index contributed by atoms with van der Waals surface area (Å²) in [4.78, 5) is 5.04. The van der Waals surface area contributed by atoms with Gasteiger partial charge in [0.05, 0.1) is 36.9 Å². The number of nitrogens with zero attached hydrogens (tertiary/aromatic N) is 3. The fourth-order valence-corrected chi connectivity index (χ4v) is 6.34. The molecule has 1 atom stereocenters. The van der Waals surface area contributed by atoms with Crippen LogP contribution in [-0.4, -0.2) is 27.9 Å². The first-order valence-electron chi connectivity index (χ1n) is 13.7. The molecule has 0 aliphatic heterocycles. The minimum Gasteiger partial charge on any atom is -0.394 e. The molecule has 0 saturated heterocycles. The van der Waals surface area contributed by atoms with Crippen LogP contribution in [0.3, 0.4) is 0 Å². The molecule has 1 heterocycles. The normalized spacial score (nSPS) is 16.7. The maximum Gasteiger partial charge on any atom is 0.137 e. The first-order valence-corrected chi connectivity index (χ1v) is 13.7. The highest BCUT2D eigenvalue weighted by Crippen LogP contribution is 2.46. The molecule has 40 heavy (non-hydrogen) atoms. The zero-order valence-electron chi connectivity index (χ0n) is 22.3. The van der Waals surface area contributed by atoms with Crippen LogP contribution >= 0.6 is 0 Å². The van der Waals surface area contributed by atoms with Gasteiger partial charge in [0.15, 0.2) is 0 Å². The zero-order chi connectivity index (χ0) is 27.4. The topological polar surface area (TPSA) is 71.1 Å². The Morgan fingerprint density at radius 1 is 0.875 bits per heavy atom. The van der Waals surface area contributed by atoms with Crippen LogP contribution in [0, 0.1) is 11.3 Å². The lowest BCUT2D eigenvalue weighted by Gasteiger charge is -2.39. The first kappa shape index (κ1) is 25.8. The minimum atomic E-state index is -0.828. The largest absolute Gasteiger partial charge is 0.394 e. The summed E-state index contributed by atoms with van der Waals surface area (Å²) in [6.45, 7) is 0.101. The van der Waals surface area contributed by atoms with Crippen LogP contribution in [0.2, 0.25) is 0 Å². The van der Waals surface area contributed by atoms with E-state index in [9.17, 15) is 10.4 Å². The van der Waals surface area contributed by atoms with E-state index in [0.717, 1.165) is 52.8 Å². The number of rotatable bonds is 8. The average molecular weight is 526 g/mol. The van der Waals surface area contributed by atoms with Crippen LogP contribution in [0.1, 0.15) is 51.9 Å². The van der Waals surface area contributed by atoms with E-state index >= 15 is 0 Å². The Morgan fingerprint density at radius 2 is 1.48 bits per heavy atom. The molecule has 6 rings (SSSR count). The third kappa shape index (κ3) is 4.23. The van der Waals surface area contributed by atoms with E-state index in [4.69, 9.17) is 9.72 Å². The van der Waals surface area contributed by atoms with Crippen molar-refractivity contribution in [3.63, 3.8) is 0 Å². The number of aliphatic hydroxyl groups excluding tert-OH is 1.